The first-order valence-corrected chi connectivity index (χ1v) is 10.1. The van der Waals surface area contributed by atoms with Gasteiger partial charge in [-0.3, -0.25) is 0 Å². The number of alkyl halides is 3. The third-order valence-electron chi connectivity index (χ3n) is 5.55. The van der Waals surface area contributed by atoms with E-state index in [0.29, 0.717) is 35.5 Å². The predicted octanol–water partition coefficient (Wildman–Crippen LogP) is 2.48. The topological polar surface area (TPSA) is 85.4 Å². The van der Waals surface area contributed by atoms with Crippen molar-refractivity contribution in [2.45, 2.75) is 25.2 Å². The molecule has 3 aromatic heterocycles. The summed E-state index contributed by atoms with van der Waals surface area (Å²) in [6.07, 6.45) is -1.82. The highest BCUT2D eigenvalue weighted by molar-refractivity contribution is 5.89. The van der Waals surface area contributed by atoms with Crippen molar-refractivity contribution >= 4 is 22.5 Å². The lowest BCUT2D eigenvalue weighted by Crippen LogP contribution is -2.30. The minimum absolute atomic E-state index is 0.258. The molecule has 1 aromatic carbocycles. The van der Waals surface area contributed by atoms with Gasteiger partial charge >= 0.3 is 0 Å². The van der Waals surface area contributed by atoms with E-state index in [9.17, 15) is 13.2 Å². The molecule has 168 valence electrons. The van der Waals surface area contributed by atoms with Crippen LogP contribution in [0.1, 0.15) is 0 Å². The Kier molecular flexibility index (Phi) is 5.08. The van der Waals surface area contributed by atoms with Gasteiger partial charge in [0.2, 0.25) is 11.8 Å². The molecule has 1 N–H and O–H groups in total. The van der Waals surface area contributed by atoms with Crippen molar-refractivity contribution in [3.63, 3.8) is 0 Å². The number of fused-ring (bicyclic) bond motifs is 2. The molecular weight excluding hydrogens is 425 g/mol. The number of ether oxygens (including phenoxy) is 1. The minimum Gasteiger partial charge on any atom is -0.479 e. The van der Waals surface area contributed by atoms with Crippen molar-refractivity contribution in [3.8, 4) is 17.0 Å². The van der Waals surface area contributed by atoms with E-state index in [1.165, 1.54) is 11.8 Å². The molecule has 1 aliphatic rings. The summed E-state index contributed by atoms with van der Waals surface area (Å²) in [6.45, 7) is 0.357. The van der Waals surface area contributed by atoms with Gasteiger partial charge in [-0.25, -0.2) is 22.4 Å². The van der Waals surface area contributed by atoms with E-state index in [1.54, 1.807) is 22.8 Å². The quantitative estimate of drug-likeness (QED) is 0.487. The molecule has 0 aliphatic carbocycles. The van der Waals surface area contributed by atoms with Gasteiger partial charge in [-0.05, 0) is 30.8 Å². The molecule has 0 amide bonds. The van der Waals surface area contributed by atoms with Crippen LogP contribution in [0.5, 0.6) is 5.88 Å². The van der Waals surface area contributed by atoms with Crippen molar-refractivity contribution in [1.82, 2.24) is 34.5 Å². The lowest BCUT2D eigenvalue weighted by atomic mass is 10.1. The lowest BCUT2D eigenvalue weighted by molar-refractivity contribution is 0.122. The highest BCUT2D eigenvalue weighted by atomic mass is 19.3. The summed E-state index contributed by atoms with van der Waals surface area (Å²) in [4.78, 5) is 6.33. The van der Waals surface area contributed by atoms with Crippen LogP contribution in [0.25, 0.3) is 27.7 Å². The Bertz CT molecular complexity index is 1270. The number of benzene rings is 1. The zero-order valence-corrected chi connectivity index (χ0v) is 17.4. The predicted molar refractivity (Wildman–Crippen MR) is 112 cm³/mol. The smallest absolute Gasteiger partial charge is 0.258 e. The largest absolute Gasteiger partial charge is 0.479 e. The molecule has 4 aromatic rings. The Balaban J connectivity index is 1.54. The fourth-order valence-electron chi connectivity index (χ4n) is 4.08. The van der Waals surface area contributed by atoms with E-state index < -0.39 is 25.2 Å². The van der Waals surface area contributed by atoms with Crippen molar-refractivity contribution in [1.29, 1.82) is 0 Å². The standard InChI is InChI=1S/C20H21F3N8O/c1-29-8-13(21)15(9-29)24-20-25-19(32-2)18-12(5-6-30(18)27-20)11-3-4-14-16(7-11)31(28-26-14)10-17(22)23/h3-7,13,15,17H,8-10H2,1-2H3,(H,24,27)/t13-,15+/m0/s1. The number of methoxy groups -OCH3 is 1. The average Bonchev–Trinajstić information content (AvgIpc) is 3.44. The number of likely N-dealkylation sites (tertiary alicyclic amines) is 1. The Morgan fingerprint density at radius 1 is 1.25 bits per heavy atom. The van der Waals surface area contributed by atoms with E-state index in [2.05, 4.69) is 25.7 Å². The number of likely N-dealkylation sites (N-methyl/N-ethyl adjacent to an activating group) is 1. The van der Waals surface area contributed by atoms with Crippen LogP contribution in [-0.2, 0) is 6.54 Å². The number of aromatic nitrogens is 6. The monoisotopic (exact) mass is 446 g/mol. The molecule has 0 radical (unpaired) electrons. The average molecular weight is 446 g/mol. The summed E-state index contributed by atoms with van der Waals surface area (Å²) in [5.41, 5.74) is 3.13. The summed E-state index contributed by atoms with van der Waals surface area (Å²) in [7, 11) is 3.35. The molecule has 0 unspecified atom stereocenters. The SMILES string of the molecule is COc1nc(N[C@@H]2CN(C)C[C@@H]2F)nn2ccc(-c3ccc4nnn(CC(F)F)c4c3)c12. The van der Waals surface area contributed by atoms with Gasteiger partial charge in [-0.15, -0.1) is 10.2 Å². The Hall–Kier alpha value is -3.41. The van der Waals surface area contributed by atoms with E-state index >= 15 is 0 Å². The Labute approximate surface area is 180 Å². The van der Waals surface area contributed by atoms with Crippen LogP contribution in [0, 0.1) is 0 Å². The lowest BCUT2D eigenvalue weighted by Gasteiger charge is -2.15. The van der Waals surface area contributed by atoms with Gasteiger partial charge in [-0.1, -0.05) is 11.3 Å². The number of rotatable bonds is 6. The van der Waals surface area contributed by atoms with Crippen molar-refractivity contribution in [3.05, 3.63) is 30.5 Å². The van der Waals surface area contributed by atoms with Crippen LogP contribution in [0.2, 0.25) is 0 Å². The van der Waals surface area contributed by atoms with Crippen LogP contribution in [0.3, 0.4) is 0 Å². The molecule has 1 fully saturated rings. The van der Waals surface area contributed by atoms with Gasteiger partial charge in [0.15, 0.2) is 0 Å². The first-order valence-electron chi connectivity index (χ1n) is 10.1. The third-order valence-corrected chi connectivity index (χ3v) is 5.55. The molecule has 1 aliphatic heterocycles. The highest BCUT2D eigenvalue weighted by Gasteiger charge is 2.31. The maximum Gasteiger partial charge on any atom is 0.258 e. The molecule has 2 atom stereocenters. The second-order valence-corrected chi connectivity index (χ2v) is 7.82. The number of halogens is 3. The normalized spacial score (nSPS) is 19.4. The van der Waals surface area contributed by atoms with Crippen molar-refractivity contribution < 1.29 is 17.9 Å². The van der Waals surface area contributed by atoms with Gasteiger partial charge < -0.3 is 15.0 Å². The number of nitrogens with zero attached hydrogens (tertiary/aromatic N) is 7. The molecule has 9 nitrogen and oxygen atoms in total. The van der Waals surface area contributed by atoms with E-state index in [-0.39, 0.29) is 5.95 Å². The second kappa shape index (κ2) is 7.93. The fraction of sp³-hybridized carbons (Fsp3) is 0.400. The second-order valence-electron chi connectivity index (χ2n) is 7.82. The fourth-order valence-corrected chi connectivity index (χ4v) is 4.08. The first kappa shape index (κ1) is 20.5. The molecule has 12 heteroatoms. The van der Waals surface area contributed by atoms with Crippen LogP contribution in [-0.4, -0.2) is 80.4 Å². The number of nitrogens with one attached hydrogen (secondary N) is 1. The zero-order valence-electron chi connectivity index (χ0n) is 17.4. The summed E-state index contributed by atoms with van der Waals surface area (Å²) in [6, 6.07) is 6.72. The summed E-state index contributed by atoms with van der Waals surface area (Å²) in [5.74, 6) is 0.567. The molecule has 0 saturated carbocycles. The maximum atomic E-state index is 14.2. The molecule has 0 spiro atoms. The number of hydrogen-bond acceptors (Lipinski definition) is 7. The molecular formula is C20H21F3N8O. The van der Waals surface area contributed by atoms with Crippen LogP contribution in [0.15, 0.2) is 30.5 Å². The van der Waals surface area contributed by atoms with Gasteiger partial charge in [0.05, 0.1) is 18.7 Å². The zero-order chi connectivity index (χ0) is 22.4. The number of anilines is 1. The molecule has 1 saturated heterocycles. The van der Waals surface area contributed by atoms with Gasteiger partial charge in [0, 0.05) is 24.8 Å². The minimum atomic E-state index is -2.54. The van der Waals surface area contributed by atoms with E-state index in [0.717, 1.165) is 11.1 Å². The third kappa shape index (κ3) is 3.60. The Morgan fingerprint density at radius 2 is 2.09 bits per heavy atom. The first-order chi connectivity index (χ1) is 15.4. The van der Waals surface area contributed by atoms with Crippen LogP contribution in [0.4, 0.5) is 19.1 Å². The number of hydrogen-bond donors (Lipinski definition) is 1. The van der Waals surface area contributed by atoms with Gasteiger partial charge in [-0.2, -0.15) is 4.98 Å². The highest BCUT2D eigenvalue weighted by Crippen LogP contribution is 2.33. The maximum absolute atomic E-state index is 14.2. The van der Waals surface area contributed by atoms with Crippen LogP contribution < -0.4 is 10.1 Å². The summed E-state index contributed by atoms with van der Waals surface area (Å²) in [5, 5.41) is 15.3. The molecule has 5 rings (SSSR count). The van der Waals surface area contributed by atoms with E-state index in [4.69, 9.17) is 4.74 Å². The summed E-state index contributed by atoms with van der Waals surface area (Å²) < 4.78 is 48.3. The summed E-state index contributed by atoms with van der Waals surface area (Å²) >= 11 is 0. The molecule has 0 bridgehead atoms. The molecule has 32 heavy (non-hydrogen) atoms. The van der Waals surface area contributed by atoms with Crippen LogP contribution >= 0.6 is 0 Å². The van der Waals surface area contributed by atoms with Crippen molar-refractivity contribution in [2.75, 3.05) is 32.6 Å². The van der Waals surface area contributed by atoms with Crippen molar-refractivity contribution in [2.24, 2.45) is 0 Å². The van der Waals surface area contributed by atoms with Gasteiger partial charge in [0.25, 0.3) is 6.43 Å². The van der Waals surface area contributed by atoms with Gasteiger partial charge in [0.1, 0.15) is 23.7 Å². The van der Waals surface area contributed by atoms with E-state index in [1.807, 2.05) is 24.1 Å². The molecule has 4 heterocycles. The Morgan fingerprint density at radius 3 is 2.81 bits per heavy atom.